The van der Waals surface area contributed by atoms with Gasteiger partial charge < -0.3 is 14.2 Å². The molecule has 2 aliphatic carbocycles. The minimum atomic E-state index is -1.50. The van der Waals surface area contributed by atoms with Crippen LogP contribution in [0.25, 0.3) is 0 Å². The lowest BCUT2D eigenvalue weighted by Crippen LogP contribution is -2.30. The van der Waals surface area contributed by atoms with Crippen LogP contribution in [0.2, 0.25) is 0 Å². The molecular formula is C37H58F2O5. The van der Waals surface area contributed by atoms with Gasteiger partial charge in [0.15, 0.2) is 12.3 Å². The molecule has 0 heterocycles. The van der Waals surface area contributed by atoms with Crippen molar-refractivity contribution in [3.8, 4) is 5.75 Å². The smallest absolute Gasteiger partial charge is 0.340 e. The molecule has 0 aliphatic heterocycles. The van der Waals surface area contributed by atoms with E-state index < -0.39 is 24.3 Å². The van der Waals surface area contributed by atoms with E-state index >= 15 is 0 Å². The third-order valence-corrected chi connectivity index (χ3v) is 9.50. The Morgan fingerprint density at radius 2 is 1.11 bits per heavy atom. The van der Waals surface area contributed by atoms with Crippen LogP contribution in [0.1, 0.15) is 154 Å². The molecule has 0 amide bonds. The van der Waals surface area contributed by atoms with Crippen LogP contribution < -0.4 is 4.74 Å². The zero-order valence-electron chi connectivity index (χ0n) is 27.4. The summed E-state index contributed by atoms with van der Waals surface area (Å²) in [6.07, 6.45) is 14.1. The average Bonchev–Trinajstić information content (AvgIpc) is 3.04. The van der Waals surface area contributed by atoms with Crippen molar-refractivity contribution in [1.82, 2.24) is 0 Å². The van der Waals surface area contributed by atoms with Gasteiger partial charge in [-0.15, -0.1) is 0 Å². The third-order valence-electron chi connectivity index (χ3n) is 9.50. The fourth-order valence-corrected chi connectivity index (χ4v) is 6.55. The molecule has 7 heteroatoms. The summed E-state index contributed by atoms with van der Waals surface area (Å²) < 4.78 is 45.5. The van der Waals surface area contributed by atoms with Crippen molar-refractivity contribution in [3.63, 3.8) is 0 Å². The van der Waals surface area contributed by atoms with E-state index in [-0.39, 0.29) is 25.0 Å². The minimum absolute atomic E-state index is 0.183. The van der Waals surface area contributed by atoms with Crippen molar-refractivity contribution >= 4 is 11.9 Å². The quantitative estimate of drug-likeness (QED) is 0.107. The van der Waals surface area contributed by atoms with Gasteiger partial charge in [-0.05, 0) is 107 Å². The molecule has 2 atom stereocenters. The molecule has 1 aromatic carbocycles. The SMILES string of the molecule is CCCCCCC[C@@H](F)C(=O)O[C@H]1CC[C@H](COc2ccc([C@H]3CC[C@H](OC(=O)[C@H](F)CCCCCCC)CC3)cc2)CC1. The van der Waals surface area contributed by atoms with Crippen LogP contribution in [-0.2, 0) is 19.1 Å². The van der Waals surface area contributed by atoms with Gasteiger partial charge in [0.1, 0.15) is 18.0 Å². The summed E-state index contributed by atoms with van der Waals surface area (Å²) in [4.78, 5) is 24.3. The fraction of sp³-hybridized carbons (Fsp3) is 0.784. The highest BCUT2D eigenvalue weighted by molar-refractivity contribution is 5.75. The fourth-order valence-electron chi connectivity index (χ4n) is 6.55. The Kier molecular flexibility index (Phi) is 17.1. The van der Waals surface area contributed by atoms with Gasteiger partial charge in [0.05, 0.1) is 6.61 Å². The van der Waals surface area contributed by atoms with Gasteiger partial charge in [-0.2, -0.15) is 0 Å². The first-order valence-corrected chi connectivity index (χ1v) is 17.8. The van der Waals surface area contributed by atoms with E-state index in [0.717, 1.165) is 121 Å². The summed E-state index contributed by atoms with van der Waals surface area (Å²) in [5, 5.41) is 0. The van der Waals surface area contributed by atoms with Gasteiger partial charge in [-0.1, -0.05) is 77.3 Å². The number of unbranched alkanes of at least 4 members (excludes halogenated alkanes) is 8. The van der Waals surface area contributed by atoms with Crippen molar-refractivity contribution in [2.45, 2.75) is 173 Å². The maximum absolute atomic E-state index is 14.3. The molecule has 250 valence electrons. The lowest BCUT2D eigenvalue weighted by molar-refractivity contribution is -0.158. The second kappa shape index (κ2) is 20.8. The highest BCUT2D eigenvalue weighted by atomic mass is 19.1. The summed E-state index contributed by atoms with van der Waals surface area (Å²) in [6, 6.07) is 8.28. The lowest BCUT2D eigenvalue weighted by Gasteiger charge is -2.29. The summed E-state index contributed by atoms with van der Waals surface area (Å²) in [5.41, 5.74) is 1.26. The molecule has 0 unspecified atom stereocenters. The second-order valence-electron chi connectivity index (χ2n) is 13.2. The highest BCUT2D eigenvalue weighted by Gasteiger charge is 2.29. The van der Waals surface area contributed by atoms with Crippen LogP contribution >= 0.6 is 0 Å². The first-order valence-electron chi connectivity index (χ1n) is 17.8. The van der Waals surface area contributed by atoms with E-state index in [0.29, 0.717) is 18.4 Å². The van der Waals surface area contributed by atoms with Crippen LogP contribution in [0.15, 0.2) is 24.3 Å². The second-order valence-corrected chi connectivity index (χ2v) is 13.2. The third kappa shape index (κ3) is 13.4. The molecule has 1 aromatic rings. The molecular weight excluding hydrogens is 562 g/mol. The Hall–Kier alpha value is -2.18. The van der Waals surface area contributed by atoms with Gasteiger partial charge in [-0.3, -0.25) is 0 Å². The number of esters is 2. The first-order chi connectivity index (χ1) is 21.4. The molecule has 0 bridgehead atoms. The molecule has 0 radical (unpaired) electrons. The molecule has 5 nitrogen and oxygen atoms in total. The van der Waals surface area contributed by atoms with Crippen LogP contribution in [0.3, 0.4) is 0 Å². The number of benzene rings is 1. The van der Waals surface area contributed by atoms with Crippen molar-refractivity contribution in [3.05, 3.63) is 29.8 Å². The van der Waals surface area contributed by atoms with Gasteiger partial charge in [0.25, 0.3) is 0 Å². The molecule has 0 N–H and O–H groups in total. The maximum Gasteiger partial charge on any atom is 0.340 e. The van der Waals surface area contributed by atoms with E-state index in [1.165, 1.54) is 5.56 Å². The maximum atomic E-state index is 14.3. The zero-order chi connectivity index (χ0) is 31.6. The van der Waals surface area contributed by atoms with Gasteiger partial charge in [0.2, 0.25) is 0 Å². The average molecular weight is 621 g/mol. The molecule has 2 saturated carbocycles. The number of hydrogen-bond acceptors (Lipinski definition) is 5. The largest absolute Gasteiger partial charge is 0.493 e. The number of halogens is 2. The lowest BCUT2D eigenvalue weighted by atomic mass is 9.82. The molecule has 44 heavy (non-hydrogen) atoms. The summed E-state index contributed by atoms with van der Waals surface area (Å²) in [7, 11) is 0. The number of alkyl halides is 2. The van der Waals surface area contributed by atoms with Crippen molar-refractivity contribution in [2.24, 2.45) is 5.92 Å². The highest BCUT2D eigenvalue weighted by Crippen LogP contribution is 2.35. The van der Waals surface area contributed by atoms with Crippen LogP contribution in [-0.4, -0.2) is 43.1 Å². The van der Waals surface area contributed by atoms with E-state index in [4.69, 9.17) is 14.2 Å². The summed E-state index contributed by atoms with van der Waals surface area (Å²) in [5.74, 6) is 0.269. The summed E-state index contributed by atoms with van der Waals surface area (Å²) >= 11 is 0. The van der Waals surface area contributed by atoms with Crippen LogP contribution in [0.5, 0.6) is 5.75 Å². The normalized spacial score (nSPS) is 23.5. The van der Waals surface area contributed by atoms with Crippen molar-refractivity contribution in [1.29, 1.82) is 0 Å². The van der Waals surface area contributed by atoms with E-state index in [9.17, 15) is 18.4 Å². The molecule has 3 rings (SSSR count). The standard InChI is InChI=1S/C37H58F2O5/c1-3-5-7-9-11-13-34(38)36(40)43-32-21-15-28(16-22-32)27-42-31-23-17-29(18-24-31)30-19-25-33(26-20-30)44-37(41)35(39)14-12-10-8-6-4-2/h17-18,23-24,28,30,32-35H,3-16,19-22,25-27H2,1-2H3/t28-,30-,32-,33-,34-,35-/m1/s1. The number of carbonyl (C=O) groups excluding carboxylic acids is 2. The number of hydrogen-bond donors (Lipinski definition) is 0. The minimum Gasteiger partial charge on any atom is -0.493 e. The summed E-state index contributed by atoms with van der Waals surface area (Å²) in [6.45, 7) is 4.91. The Bertz CT molecular complexity index is 922. The van der Waals surface area contributed by atoms with E-state index in [2.05, 4.69) is 26.0 Å². The predicted molar refractivity (Wildman–Crippen MR) is 171 cm³/mol. The predicted octanol–water partition coefficient (Wildman–Crippen LogP) is 10.1. The van der Waals surface area contributed by atoms with Crippen molar-refractivity contribution in [2.75, 3.05) is 6.61 Å². The molecule has 0 saturated heterocycles. The van der Waals surface area contributed by atoms with Crippen LogP contribution in [0, 0.1) is 5.92 Å². The van der Waals surface area contributed by atoms with Crippen LogP contribution in [0.4, 0.5) is 8.78 Å². The van der Waals surface area contributed by atoms with E-state index in [1.54, 1.807) is 0 Å². The Morgan fingerprint density at radius 3 is 1.59 bits per heavy atom. The first kappa shape index (κ1) is 36.3. The molecule has 2 fully saturated rings. The van der Waals surface area contributed by atoms with Gasteiger partial charge in [0, 0.05) is 0 Å². The molecule has 0 aromatic heterocycles. The monoisotopic (exact) mass is 620 g/mol. The van der Waals surface area contributed by atoms with Gasteiger partial charge >= 0.3 is 11.9 Å². The number of ether oxygens (including phenoxy) is 3. The van der Waals surface area contributed by atoms with Crippen molar-refractivity contribution < 1.29 is 32.6 Å². The molecule has 0 spiro atoms. The van der Waals surface area contributed by atoms with Gasteiger partial charge in [-0.25, -0.2) is 18.4 Å². The molecule has 2 aliphatic rings. The number of carbonyl (C=O) groups is 2. The Balaban J connectivity index is 1.27. The number of rotatable bonds is 20. The Morgan fingerprint density at radius 1 is 0.659 bits per heavy atom. The van der Waals surface area contributed by atoms with E-state index in [1.807, 2.05) is 12.1 Å². The topological polar surface area (TPSA) is 61.8 Å². The Labute approximate surface area is 265 Å². The zero-order valence-corrected chi connectivity index (χ0v) is 27.4.